The SMILES string of the molecule is COC1(C(O)c2ccc(F)cc2)CCCC(C)C1. The van der Waals surface area contributed by atoms with Gasteiger partial charge in [-0.2, -0.15) is 0 Å². The molecule has 3 heteroatoms. The summed E-state index contributed by atoms with van der Waals surface area (Å²) < 4.78 is 18.6. The fourth-order valence-electron chi connectivity index (χ4n) is 3.04. The van der Waals surface area contributed by atoms with E-state index in [1.807, 2.05) is 0 Å². The maximum Gasteiger partial charge on any atom is 0.123 e. The number of hydrogen-bond acceptors (Lipinski definition) is 2. The minimum Gasteiger partial charge on any atom is -0.385 e. The first kappa shape index (κ1) is 13.5. The second-order valence-electron chi connectivity index (χ2n) is 5.42. The van der Waals surface area contributed by atoms with Gasteiger partial charge in [-0.25, -0.2) is 4.39 Å². The summed E-state index contributed by atoms with van der Waals surface area (Å²) in [4.78, 5) is 0. The highest BCUT2D eigenvalue weighted by Gasteiger charge is 2.42. The number of halogens is 1. The molecule has 2 rings (SSSR count). The van der Waals surface area contributed by atoms with Gasteiger partial charge in [-0.05, 0) is 36.5 Å². The molecule has 0 bridgehead atoms. The van der Waals surface area contributed by atoms with Gasteiger partial charge in [0.25, 0.3) is 0 Å². The Balaban J connectivity index is 2.23. The van der Waals surface area contributed by atoms with E-state index < -0.39 is 11.7 Å². The summed E-state index contributed by atoms with van der Waals surface area (Å²) in [7, 11) is 1.66. The monoisotopic (exact) mass is 252 g/mol. The molecule has 0 heterocycles. The fourth-order valence-corrected chi connectivity index (χ4v) is 3.04. The van der Waals surface area contributed by atoms with Gasteiger partial charge in [0.05, 0.1) is 5.60 Å². The lowest BCUT2D eigenvalue weighted by Gasteiger charge is -2.42. The molecule has 3 unspecified atom stereocenters. The van der Waals surface area contributed by atoms with Crippen molar-refractivity contribution in [3.8, 4) is 0 Å². The summed E-state index contributed by atoms with van der Waals surface area (Å²) in [6.45, 7) is 2.18. The molecular formula is C15H21FO2. The summed E-state index contributed by atoms with van der Waals surface area (Å²) in [6.07, 6.45) is 3.26. The molecule has 1 aromatic carbocycles. The van der Waals surface area contributed by atoms with E-state index in [1.54, 1.807) is 19.2 Å². The molecule has 0 radical (unpaired) electrons. The van der Waals surface area contributed by atoms with Crippen molar-refractivity contribution in [1.29, 1.82) is 0 Å². The standard InChI is InChI=1S/C15H21FO2/c1-11-4-3-9-15(10-11,18-2)14(17)12-5-7-13(16)8-6-12/h5-8,11,14,17H,3-4,9-10H2,1-2H3. The predicted molar refractivity (Wildman–Crippen MR) is 68.7 cm³/mol. The second kappa shape index (κ2) is 5.37. The molecular weight excluding hydrogens is 231 g/mol. The van der Waals surface area contributed by atoms with Crippen molar-refractivity contribution in [2.24, 2.45) is 5.92 Å². The van der Waals surface area contributed by atoms with Gasteiger partial charge in [-0.3, -0.25) is 0 Å². The van der Waals surface area contributed by atoms with E-state index in [0.717, 1.165) is 24.8 Å². The third kappa shape index (κ3) is 2.57. The lowest BCUT2D eigenvalue weighted by Crippen LogP contribution is -2.42. The zero-order valence-corrected chi connectivity index (χ0v) is 11.0. The Morgan fingerprint density at radius 3 is 2.61 bits per heavy atom. The molecule has 18 heavy (non-hydrogen) atoms. The van der Waals surface area contributed by atoms with Crippen LogP contribution in [0.4, 0.5) is 4.39 Å². The van der Waals surface area contributed by atoms with E-state index in [0.29, 0.717) is 5.92 Å². The van der Waals surface area contributed by atoms with Gasteiger partial charge in [-0.15, -0.1) is 0 Å². The van der Waals surface area contributed by atoms with Crippen molar-refractivity contribution in [3.05, 3.63) is 35.6 Å². The first-order chi connectivity index (χ1) is 8.57. The molecule has 1 N–H and O–H groups in total. The van der Waals surface area contributed by atoms with Crippen LogP contribution in [0.1, 0.15) is 44.3 Å². The summed E-state index contributed by atoms with van der Waals surface area (Å²) >= 11 is 0. The Labute approximate surface area is 108 Å². The first-order valence-corrected chi connectivity index (χ1v) is 6.56. The number of methoxy groups -OCH3 is 1. The number of rotatable bonds is 3. The lowest BCUT2D eigenvalue weighted by molar-refractivity contribution is -0.134. The molecule has 1 aliphatic carbocycles. The van der Waals surface area contributed by atoms with E-state index in [4.69, 9.17) is 4.74 Å². The number of aliphatic hydroxyl groups excluding tert-OH is 1. The highest BCUT2D eigenvalue weighted by molar-refractivity contribution is 5.21. The Kier molecular flexibility index (Phi) is 4.03. The highest BCUT2D eigenvalue weighted by Crippen LogP contribution is 2.43. The third-order valence-corrected chi connectivity index (χ3v) is 4.08. The van der Waals surface area contributed by atoms with Crippen molar-refractivity contribution in [2.75, 3.05) is 7.11 Å². The average molecular weight is 252 g/mol. The van der Waals surface area contributed by atoms with Crippen LogP contribution in [0.3, 0.4) is 0 Å². The first-order valence-electron chi connectivity index (χ1n) is 6.56. The molecule has 0 spiro atoms. The number of ether oxygens (including phenoxy) is 1. The van der Waals surface area contributed by atoms with Crippen molar-refractivity contribution in [2.45, 2.75) is 44.3 Å². The quantitative estimate of drug-likeness (QED) is 0.892. The molecule has 2 nitrogen and oxygen atoms in total. The fraction of sp³-hybridized carbons (Fsp3) is 0.600. The molecule has 0 aromatic heterocycles. The summed E-state index contributed by atoms with van der Waals surface area (Å²) in [5, 5.41) is 10.6. The van der Waals surface area contributed by atoms with Crippen LogP contribution >= 0.6 is 0 Å². The topological polar surface area (TPSA) is 29.5 Å². The third-order valence-electron chi connectivity index (χ3n) is 4.08. The summed E-state index contributed by atoms with van der Waals surface area (Å²) in [6, 6.07) is 6.04. The molecule has 1 aromatic rings. The minimum atomic E-state index is -0.689. The Morgan fingerprint density at radius 2 is 2.06 bits per heavy atom. The van der Waals surface area contributed by atoms with Gasteiger partial charge in [0.15, 0.2) is 0 Å². The maximum atomic E-state index is 12.9. The Hall–Kier alpha value is -0.930. The van der Waals surface area contributed by atoms with Gasteiger partial charge in [-0.1, -0.05) is 31.9 Å². The largest absolute Gasteiger partial charge is 0.385 e. The van der Waals surface area contributed by atoms with Crippen LogP contribution in [-0.2, 0) is 4.74 Å². The molecule has 1 saturated carbocycles. The predicted octanol–water partition coefficient (Wildman–Crippen LogP) is 3.45. The van der Waals surface area contributed by atoms with Crippen LogP contribution in [0, 0.1) is 11.7 Å². The van der Waals surface area contributed by atoms with Crippen molar-refractivity contribution in [1.82, 2.24) is 0 Å². The molecule has 1 fully saturated rings. The zero-order valence-electron chi connectivity index (χ0n) is 11.0. The van der Waals surface area contributed by atoms with Crippen LogP contribution in [0.2, 0.25) is 0 Å². The van der Waals surface area contributed by atoms with Gasteiger partial charge >= 0.3 is 0 Å². The maximum absolute atomic E-state index is 12.9. The second-order valence-corrected chi connectivity index (χ2v) is 5.42. The van der Waals surface area contributed by atoms with Crippen molar-refractivity contribution >= 4 is 0 Å². The molecule has 1 aliphatic rings. The van der Waals surface area contributed by atoms with E-state index >= 15 is 0 Å². The highest BCUT2D eigenvalue weighted by atomic mass is 19.1. The zero-order chi connectivity index (χ0) is 13.2. The van der Waals surface area contributed by atoms with Crippen molar-refractivity contribution in [3.63, 3.8) is 0 Å². The van der Waals surface area contributed by atoms with Crippen LogP contribution in [-0.4, -0.2) is 17.8 Å². The van der Waals surface area contributed by atoms with E-state index in [-0.39, 0.29) is 5.82 Å². The molecule has 100 valence electrons. The van der Waals surface area contributed by atoms with Crippen LogP contribution < -0.4 is 0 Å². The Bertz CT molecular complexity index is 390. The van der Waals surface area contributed by atoms with Crippen LogP contribution in [0.15, 0.2) is 24.3 Å². The Morgan fingerprint density at radius 1 is 1.39 bits per heavy atom. The molecule has 0 saturated heterocycles. The summed E-state index contributed by atoms with van der Waals surface area (Å²) in [5.74, 6) is 0.267. The van der Waals surface area contributed by atoms with E-state index in [2.05, 4.69) is 6.92 Å². The van der Waals surface area contributed by atoms with Gasteiger partial charge < -0.3 is 9.84 Å². The smallest absolute Gasteiger partial charge is 0.123 e. The molecule has 0 aliphatic heterocycles. The molecule has 3 atom stereocenters. The van der Waals surface area contributed by atoms with Crippen LogP contribution in [0.5, 0.6) is 0 Å². The summed E-state index contributed by atoms with van der Waals surface area (Å²) in [5.41, 5.74) is 0.211. The molecule has 0 amide bonds. The van der Waals surface area contributed by atoms with E-state index in [9.17, 15) is 9.50 Å². The van der Waals surface area contributed by atoms with E-state index in [1.165, 1.54) is 18.6 Å². The van der Waals surface area contributed by atoms with Crippen LogP contribution in [0.25, 0.3) is 0 Å². The van der Waals surface area contributed by atoms with Gasteiger partial charge in [0, 0.05) is 7.11 Å². The number of aliphatic hydroxyl groups is 1. The van der Waals surface area contributed by atoms with Gasteiger partial charge in [0.1, 0.15) is 11.9 Å². The average Bonchev–Trinajstić information content (AvgIpc) is 2.38. The normalized spacial score (nSPS) is 30.1. The van der Waals surface area contributed by atoms with Crippen molar-refractivity contribution < 1.29 is 14.2 Å². The lowest BCUT2D eigenvalue weighted by atomic mass is 9.74. The number of benzene rings is 1. The number of hydrogen-bond donors (Lipinski definition) is 1. The van der Waals surface area contributed by atoms with Gasteiger partial charge in [0.2, 0.25) is 0 Å². The minimum absolute atomic E-state index is 0.283.